The number of nitrogen functional groups attached to an aromatic ring is 1. The molecule has 1 fully saturated rings. The van der Waals surface area contributed by atoms with Gasteiger partial charge < -0.3 is 30.7 Å². The lowest BCUT2D eigenvalue weighted by Crippen LogP contribution is -2.32. The summed E-state index contributed by atoms with van der Waals surface area (Å²) in [5.41, 5.74) is 7.86. The van der Waals surface area contributed by atoms with E-state index in [0.29, 0.717) is 30.6 Å². The van der Waals surface area contributed by atoms with Gasteiger partial charge in [0.15, 0.2) is 17.7 Å². The number of hydrogen-bond donors (Lipinski definition) is 4. The molecule has 5 N–H and O–H groups in total. The molecule has 1 aliphatic heterocycles. The Kier molecular flexibility index (Phi) is 8.91. The number of hydrogen-bond acceptors (Lipinski definition) is 9. The summed E-state index contributed by atoms with van der Waals surface area (Å²) in [7, 11) is 1.64. The van der Waals surface area contributed by atoms with Crippen molar-refractivity contribution >= 4 is 22.9 Å². The predicted molar refractivity (Wildman–Crippen MR) is 138 cm³/mol. The van der Waals surface area contributed by atoms with Crippen LogP contribution in [0.3, 0.4) is 0 Å². The average Bonchev–Trinajstić information content (AvgIpc) is 3.45. The maximum Gasteiger partial charge on any atom is 0.220 e. The Bertz CT molecular complexity index is 1170. The lowest BCUT2D eigenvalue weighted by molar-refractivity contribution is -0.121. The molecule has 5 atom stereocenters. The normalized spacial score (nSPS) is 22.3. The summed E-state index contributed by atoms with van der Waals surface area (Å²) in [6, 6.07) is 7.82. The number of benzene rings is 1. The van der Waals surface area contributed by atoms with Crippen molar-refractivity contribution in [2.24, 2.45) is 5.92 Å². The van der Waals surface area contributed by atoms with Crippen molar-refractivity contribution in [3.8, 4) is 5.75 Å². The molecule has 1 aliphatic rings. The second-order valence-electron chi connectivity index (χ2n) is 9.48. The number of rotatable bonds is 12. The van der Waals surface area contributed by atoms with Crippen molar-refractivity contribution in [3.63, 3.8) is 0 Å². The van der Waals surface area contributed by atoms with E-state index in [0.717, 1.165) is 37.0 Å². The molecule has 0 saturated carbocycles. The van der Waals surface area contributed by atoms with Crippen LogP contribution in [0.25, 0.3) is 11.2 Å². The number of aliphatic hydroxyl groups is 2. The fraction of sp³-hybridized carbons (Fsp3) is 0.538. The Morgan fingerprint density at radius 2 is 2.00 bits per heavy atom. The Morgan fingerprint density at radius 3 is 2.73 bits per heavy atom. The lowest BCUT2D eigenvalue weighted by Gasteiger charge is -2.21. The van der Waals surface area contributed by atoms with E-state index >= 15 is 0 Å². The Morgan fingerprint density at radius 1 is 1.22 bits per heavy atom. The first kappa shape index (κ1) is 26.8. The van der Waals surface area contributed by atoms with E-state index in [1.165, 1.54) is 12.7 Å². The van der Waals surface area contributed by atoms with Gasteiger partial charge in [-0.2, -0.15) is 0 Å². The SMILES string of the molecule is CC[C@@H](CCCC(=O)NCCc1ccc(OC)cc1)C[C@H]1O[C@@H](n2cnc3c(N)ncnc32)[C@@H](O)C1O. The minimum absolute atomic E-state index is 0.0317. The lowest BCUT2D eigenvalue weighted by atomic mass is 9.91. The highest BCUT2D eigenvalue weighted by atomic mass is 16.6. The van der Waals surface area contributed by atoms with Crippen molar-refractivity contribution < 1.29 is 24.5 Å². The number of ether oxygens (including phenoxy) is 2. The molecule has 200 valence electrons. The third-order valence-corrected chi connectivity index (χ3v) is 7.05. The largest absolute Gasteiger partial charge is 0.497 e. The topological polar surface area (TPSA) is 158 Å². The third-order valence-electron chi connectivity index (χ3n) is 7.05. The summed E-state index contributed by atoms with van der Waals surface area (Å²) in [5, 5.41) is 24.4. The van der Waals surface area contributed by atoms with Gasteiger partial charge in [0.1, 0.15) is 29.8 Å². The van der Waals surface area contributed by atoms with Gasteiger partial charge in [-0.1, -0.05) is 25.5 Å². The van der Waals surface area contributed by atoms with Crippen LogP contribution < -0.4 is 15.8 Å². The van der Waals surface area contributed by atoms with Crippen LogP contribution in [0.4, 0.5) is 5.82 Å². The Hall–Kier alpha value is -3.28. The number of carbonyl (C=O) groups excluding carboxylic acids is 1. The molecule has 0 aliphatic carbocycles. The molecule has 1 amide bonds. The zero-order chi connectivity index (χ0) is 26.4. The van der Waals surface area contributed by atoms with Crippen LogP contribution in [0.15, 0.2) is 36.9 Å². The third kappa shape index (κ3) is 6.35. The van der Waals surface area contributed by atoms with Gasteiger partial charge in [-0.3, -0.25) is 9.36 Å². The molecule has 11 nitrogen and oxygen atoms in total. The van der Waals surface area contributed by atoms with Gasteiger partial charge in [0.2, 0.25) is 5.91 Å². The number of nitrogens with zero attached hydrogens (tertiary/aromatic N) is 4. The minimum Gasteiger partial charge on any atom is -0.497 e. The molecular weight excluding hydrogens is 476 g/mol. The number of fused-ring (bicyclic) bond motifs is 1. The van der Waals surface area contributed by atoms with Crippen molar-refractivity contribution in [1.82, 2.24) is 24.8 Å². The molecule has 1 saturated heterocycles. The average molecular weight is 513 g/mol. The first-order valence-electron chi connectivity index (χ1n) is 12.8. The highest BCUT2D eigenvalue weighted by molar-refractivity contribution is 5.81. The minimum atomic E-state index is -1.13. The monoisotopic (exact) mass is 512 g/mol. The summed E-state index contributed by atoms with van der Waals surface area (Å²) < 4.78 is 12.8. The molecule has 3 heterocycles. The van der Waals surface area contributed by atoms with Crippen molar-refractivity contribution in [2.45, 2.75) is 70.0 Å². The first-order valence-corrected chi connectivity index (χ1v) is 12.8. The second kappa shape index (κ2) is 12.3. The van der Waals surface area contributed by atoms with Crippen molar-refractivity contribution in [2.75, 3.05) is 19.4 Å². The summed E-state index contributed by atoms with van der Waals surface area (Å²) in [6.07, 6.45) is 3.50. The molecule has 0 spiro atoms. The first-order chi connectivity index (χ1) is 17.9. The van der Waals surface area contributed by atoms with Gasteiger partial charge in [-0.15, -0.1) is 0 Å². The molecular formula is C26H36N6O5. The number of nitrogens with one attached hydrogen (secondary N) is 1. The summed E-state index contributed by atoms with van der Waals surface area (Å²) >= 11 is 0. The maximum absolute atomic E-state index is 12.3. The van der Waals surface area contributed by atoms with E-state index < -0.39 is 24.5 Å². The van der Waals surface area contributed by atoms with Crippen LogP contribution in [0, 0.1) is 5.92 Å². The molecule has 1 aromatic carbocycles. The fourth-order valence-electron chi connectivity index (χ4n) is 4.81. The second-order valence-corrected chi connectivity index (χ2v) is 9.48. The molecule has 11 heteroatoms. The molecule has 0 radical (unpaired) electrons. The van der Waals surface area contributed by atoms with Gasteiger partial charge in [-0.05, 0) is 49.3 Å². The fourth-order valence-corrected chi connectivity index (χ4v) is 4.81. The molecule has 37 heavy (non-hydrogen) atoms. The summed E-state index contributed by atoms with van der Waals surface area (Å²) in [4.78, 5) is 24.6. The van der Waals surface area contributed by atoms with Crippen LogP contribution in [-0.4, -0.2) is 67.6 Å². The Balaban J connectivity index is 1.22. The van der Waals surface area contributed by atoms with Gasteiger partial charge in [0.05, 0.1) is 19.5 Å². The number of imidazole rings is 1. The number of carbonyl (C=O) groups is 1. The zero-order valence-electron chi connectivity index (χ0n) is 21.3. The zero-order valence-corrected chi connectivity index (χ0v) is 21.3. The van der Waals surface area contributed by atoms with Crippen LogP contribution in [0.5, 0.6) is 5.75 Å². The highest BCUT2D eigenvalue weighted by Gasteiger charge is 2.44. The van der Waals surface area contributed by atoms with E-state index in [9.17, 15) is 15.0 Å². The smallest absolute Gasteiger partial charge is 0.220 e. The quantitative estimate of drug-likeness (QED) is 0.285. The van der Waals surface area contributed by atoms with Crippen molar-refractivity contribution in [1.29, 1.82) is 0 Å². The van der Waals surface area contributed by atoms with Crippen LogP contribution in [-0.2, 0) is 16.0 Å². The summed E-state index contributed by atoms with van der Waals surface area (Å²) in [6.45, 7) is 2.67. The van der Waals surface area contributed by atoms with E-state index in [2.05, 4.69) is 27.2 Å². The van der Waals surface area contributed by atoms with E-state index in [1.54, 1.807) is 11.7 Å². The van der Waals surface area contributed by atoms with E-state index in [-0.39, 0.29) is 17.6 Å². The van der Waals surface area contributed by atoms with Crippen LogP contribution >= 0.6 is 0 Å². The number of methoxy groups -OCH3 is 1. The van der Waals surface area contributed by atoms with Gasteiger partial charge in [0.25, 0.3) is 0 Å². The molecule has 1 unspecified atom stereocenters. The highest BCUT2D eigenvalue weighted by Crippen LogP contribution is 2.35. The van der Waals surface area contributed by atoms with E-state index in [1.807, 2.05) is 24.3 Å². The van der Waals surface area contributed by atoms with Crippen LogP contribution in [0.2, 0.25) is 0 Å². The number of anilines is 1. The number of amides is 1. The van der Waals surface area contributed by atoms with Gasteiger partial charge >= 0.3 is 0 Å². The molecule has 4 rings (SSSR count). The standard InChI is InChI=1S/C26H36N6O5/c1-3-16(5-4-6-20(33)28-12-11-17-7-9-18(36-2)10-8-17)13-19-22(34)23(35)26(37-19)32-15-31-21-24(27)29-14-30-25(21)32/h7-10,14-16,19,22-23,26,34-35H,3-6,11-13H2,1-2H3,(H,28,33)(H2,27,29,30)/t16-,19+,22?,23-,26+/m0/s1. The predicted octanol–water partition coefficient (Wildman–Crippen LogP) is 1.98. The summed E-state index contributed by atoms with van der Waals surface area (Å²) in [5.74, 6) is 1.33. The van der Waals surface area contributed by atoms with Crippen molar-refractivity contribution in [3.05, 3.63) is 42.5 Å². The number of nitrogens with two attached hydrogens (primary N) is 1. The Labute approximate surface area is 216 Å². The van der Waals surface area contributed by atoms with Gasteiger partial charge in [0, 0.05) is 13.0 Å². The molecule has 0 bridgehead atoms. The van der Waals surface area contributed by atoms with Gasteiger partial charge in [-0.25, -0.2) is 15.0 Å². The number of aromatic nitrogens is 4. The molecule has 3 aromatic rings. The number of aliphatic hydroxyl groups excluding tert-OH is 2. The van der Waals surface area contributed by atoms with Crippen LogP contribution in [0.1, 0.15) is 50.8 Å². The molecule has 2 aromatic heterocycles. The van der Waals surface area contributed by atoms with E-state index in [4.69, 9.17) is 15.2 Å². The maximum atomic E-state index is 12.3.